The maximum absolute atomic E-state index is 6.02. The van der Waals surface area contributed by atoms with Gasteiger partial charge in [0.2, 0.25) is 0 Å². The largest absolute Gasteiger partial charge is 0.376 e. The molecule has 1 fully saturated rings. The molecule has 1 N–H and O–H groups in total. The van der Waals surface area contributed by atoms with Gasteiger partial charge in [-0.25, -0.2) is 4.98 Å². The van der Waals surface area contributed by atoms with Crippen molar-refractivity contribution in [3.63, 3.8) is 0 Å². The van der Waals surface area contributed by atoms with Crippen LogP contribution < -0.4 is 5.32 Å². The number of nitrogens with zero attached hydrogens (tertiary/aromatic N) is 4. The van der Waals surface area contributed by atoms with Gasteiger partial charge in [0.05, 0.1) is 11.6 Å². The van der Waals surface area contributed by atoms with E-state index in [1.165, 1.54) is 0 Å². The van der Waals surface area contributed by atoms with Crippen molar-refractivity contribution in [1.82, 2.24) is 19.8 Å². The van der Waals surface area contributed by atoms with Crippen LogP contribution in [0.15, 0.2) is 48.5 Å². The zero-order chi connectivity index (χ0) is 18.2. The third kappa shape index (κ3) is 3.01. The summed E-state index contributed by atoms with van der Waals surface area (Å²) in [6.45, 7) is 1.58. The van der Waals surface area contributed by atoms with Crippen molar-refractivity contribution in [2.75, 3.05) is 18.5 Å². The van der Waals surface area contributed by atoms with E-state index in [0.29, 0.717) is 10.7 Å². The van der Waals surface area contributed by atoms with Gasteiger partial charge in [0.25, 0.3) is 0 Å². The number of anilines is 1. The second-order valence-corrected chi connectivity index (χ2v) is 7.11. The molecular weight excluding hydrogens is 362 g/mol. The number of nitrogens with one attached hydrogen (secondary N) is 1. The highest BCUT2D eigenvalue weighted by Gasteiger charge is 2.18. The lowest BCUT2D eigenvalue weighted by Crippen LogP contribution is -2.19. The van der Waals surface area contributed by atoms with Gasteiger partial charge in [-0.15, -0.1) is 5.10 Å². The van der Waals surface area contributed by atoms with Crippen LogP contribution in [0.4, 0.5) is 5.82 Å². The Bertz CT molecular complexity index is 1100. The highest BCUT2D eigenvalue weighted by atomic mass is 35.5. The van der Waals surface area contributed by atoms with Gasteiger partial charge in [-0.05, 0) is 37.1 Å². The summed E-state index contributed by atoms with van der Waals surface area (Å²) in [5.74, 6) is 0.825. The molecule has 0 aliphatic carbocycles. The van der Waals surface area contributed by atoms with Crippen LogP contribution in [0.1, 0.15) is 12.8 Å². The molecule has 136 valence electrons. The molecule has 27 heavy (non-hydrogen) atoms. The summed E-state index contributed by atoms with van der Waals surface area (Å²) in [4.78, 5) is 4.86. The van der Waals surface area contributed by atoms with E-state index >= 15 is 0 Å². The highest BCUT2D eigenvalue weighted by molar-refractivity contribution is 6.30. The number of benzene rings is 2. The molecule has 0 radical (unpaired) electrons. The number of ether oxygens (including phenoxy) is 1. The molecule has 2 aromatic heterocycles. The van der Waals surface area contributed by atoms with E-state index in [2.05, 4.69) is 15.6 Å². The van der Waals surface area contributed by atoms with Gasteiger partial charge < -0.3 is 10.1 Å². The minimum absolute atomic E-state index is 0.237. The Balaban J connectivity index is 1.63. The molecule has 0 unspecified atom stereocenters. The van der Waals surface area contributed by atoms with Crippen LogP contribution in [0.25, 0.3) is 27.8 Å². The highest BCUT2D eigenvalue weighted by Crippen LogP contribution is 2.28. The zero-order valence-electron chi connectivity index (χ0n) is 14.6. The Morgan fingerprint density at radius 1 is 1.15 bits per heavy atom. The van der Waals surface area contributed by atoms with E-state index in [4.69, 9.17) is 21.3 Å². The van der Waals surface area contributed by atoms with Crippen molar-refractivity contribution >= 4 is 34.0 Å². The van der Waals surface area contributed by atoms with Gasteiger partial charge in [-0.2, -0.15) is 4.52 Å². The van der Waals surface area contributed by atoms with Crippen LogP contribution in [0.5, 0.6) is 0 Å². The van der Waals surface area contributed by atoms with Crippen LogP contribution in [0.2, 0.25) is 5.02 Å². The van der Waals surface area contributed by atoms with Crippen molar-refractivity contribution < 1.29 is 4.74 Å². The fourth-order valence-corrected chi connectivity index (χ4v) is 3.64. The molecule has 5 rings (SSSR count). The third-order valence-electron chi connectivity index (χ3n) is 4.89. The number of rotatable bonds is 4. The van der Waals surface area contributed by atoms with E-state index in [0.717, 1.165) is 54.0 Å². The first-order valence-electron chi connectivity index (χ1n) is 9.05. The summed E-state index contributed by atoms with van der Waals surface area (Å²) in [6.07, 6.45) is 2.44. The van der Waals surface area contributed by atoms with E-state index in [1.807, 2.05) is 48.5 Å². The van der Waals surface area contributed by atoms with Gasteiger partial charge >= 0.3 is 0 Å². The Kier molecular flexibility index (Phi) is 4.14. The number of aromatic nitrogens is 4. The van der Waals surface area contributed by atoms with Crippen LogP contribution >= 0.6 is 11.6 Å². The van der Waals surface area contributed by atoms with Crippen molar-refractivity contribution in [2.45, 2.75) is 18.9 Å². The van der Waals surface area contributed by atoms with Crippen molar-refractivity contribution in [2.24, 2.45) is 0 Å². The standard InChI is InChI=1S/C20H18ClN5O/c21-14-9-7-13(8-10-14)18-20-23-19(22-12-15-4-3-11-27-15)16-5-1-2-6-17(16)26(20)25-24-18/h1-2,5-10,15H,3-4,11-12H2,(H,22,23)/t15-/m1/s1. The van der Waals surface area contributed by atoms with E-state index < -0.39 is 0 Å². The van der Waals surface area contributed by atoms with Crippen LogP contribution in [-0.4, -0.2) is 39.1 Å². The lowest BCUT2D eigenvalue weighted by atomic mass is 10.1. The van der Waals surface area contributed by atoms with E-state index in [9.17, 15) is 0 Å². The average molecular weight is 380 g/mol. The number of fused-ring (bicyclic) bond motifs is 3. The molecule has 0 saturated carbocycles. The smallest absolute Gasteiger partial charge is 0.186 e. The average Bonchev–Trinajstić information content (AvgIpc) is 3.37. The molecule has 3 heterocycles. The molecule has 1 aliphatic rings. The van der Waals surface area contributed by atoms with Crippen molar-refractivity contribution in [3.8, 4) is 11.3 Å². The normalized spacial score (nSPS) is 17.0. The predicted molar refractivity (Wildman–Crippen MR) is 106 cm³/mol. The lowest BCUT2D eigenvalue weighted by Gasteiger charge is -2.13. The molecule has 0 bridgehead atoms. The van der Waals surface area contributed by atoms with Gasteiger partial charge in [0.1, 0.15) is 11.5 Å². The number of hydrogen-bond donors (Lipinski definition) is 1. The number of hydrogen-bond acceptors (Lipinski definition) is 5. The molecule has 1 atom stereocenters. The first kappa shape index (κ1) is 16.5. The molecule has 4 aromatic rings. The Labute approximate surface area is 161 Å². The van der Waals surface area contributed by atoms with Gasteiger partial charge in [0.15, 0.2) is 5.65 Å². The molecular formula is C20H18ClN5O. The molecule has 6 nitrogen and oxygen atoms in total. The fourth-order valence-electron chi connectivity index (χ4n) is 3.51. The van der Waals surface area contributed by atoms with E-state index in [-0.39, 0.29) is 6.10 Å². The summed E-state index contributed by atoms with van der Waals surface area (Å²) >= 11 is 6.02. The van der Waals surface area contributed by atoms with Crippen molar-refractivity contribution in [1.29, 1.82) is 0 Å². The number of halogens is 1. The minimum Gasteiger partial charge on any atom is -0.376 e. The van der Waals surface area contributed by atoms with Gasteiger partial charge in [0, 0.05) is 29.1 Å². The van der Waals surface area contributed by atoms with Gasteiger partial charge in [-0.3, -0.25) is 0 Å². The minimum atomic E-state index is 0.237. The SMILES string of the molecule is Clc1ccc(-c2nnn3c2nc(NC[C@H]2CCCO2)c2ccccc23)cc1. The van der Waals surface area contributed by atoms with Gasteiger partial charge in [-0.1, -0.05) is 41.1 Å². The van der Waals surface area contributed by atoms with Crippen molar-refractivity contribution in [3.05, 3.63) is 53.6 Å². The fraction of sp³-hybridized carbons (Fsp3) is 0.250. The number of para-hydroxylation sites is 1. The monoisotopic (exact) mass is 379 g/mol. The summed E-state index contributed by atoms with van der Waals surface area (Å²) in [7, 11) is 0. The summed E-state index contributed by atoms with van der Waals surface area (Å²) in [5, 5.41) is 13.9. The molecule has 0 spiro atoms. The Morgan fingerprint density at radius 3 is 2.81 bits per heavy atom. The van der Waals surface area contributed by atoms with E-state index in [1.54, 1.807) is 4.52 Å². The summed E-state index contributed by atoms with van der Waals surface area (Å²) in [5.41, 5.74) is 3.34. The third-order valence-corrected chi connectivity index (χ3v) is 5.14. The summed E-state index contributed by atoms with van der Waals surface area (Å²) in [6, 6.07) is 15.6. The maximum Gasteiger partial charge on any atom is 0.186 e. The maximum atomic E-state index is 6.02. The Hall–Kier alpha value is -2.70. The quantitative estimate of drug-likeness (QED) is 0.576. The second-order valence-electron chi connectivity index (χ2n) is 6.67. The molecule has 7 heteroatoms. The first-order valence-corrected chi connectivity index (χ1v) is 9.43. The molecule has 1 aliphatic heterocycles. The van der Waals surface area contributed by atoms with Crippen LogP contribution in [-0.2, 0) is 4.74 Å². The molecule has 2 aromatic carbocycles. The topological polar surface area (TPSA) is 64.3 Å². The summed E-state index contributed by atoms with van der Waals surface area (Å²) < 4.78 is 7.52. The second kappa shape index (κ2) is 6.79. The lowest BCUT2D eigenvalue weighted by molar-refractivity contribution is 0.120. The Morgan fingerprint density at radius 2 is 2.00 bits per heavy atom. The molecule has 0 amide bonds. The van der Waals surface area contributed by atoms with Crippen LogP contribution in [0, 0.1) is 0 Å². The first-order chi connectivity index (χ1) is 13.3. The zero-order valence-corrected chi connectivity index (χ0v) is 15.4. The van der Waals surface area contributed by atoms with Crippen LogP contribution in [0.3, 0.4) is 0 Å². The molecule has 1 saturated heterocycles. The predicted octanol–water partition coefficient (Wildman–Crippen LogP) is 4.19.